The fourth-order valence-corrected chi connectivity index (χ4v) is 3.75. The molecule has 0 fully saturated rings. The summed E-state index contributed by atoms with van der Waals surface area (Å²) in [5.74, 6) is 1.56. The number of aryl methyl sites for hydroxylation is 2. The van der Waals surface area contributed by atoms with Gasteiger partial charge in [0.05, 0.1) is 7.11 Å². The van der Waals surface area contributed by atoms with E-state index in [0.29, 0.717) is 27.8 Å². The number of hydrogen-bond acceptors (Lipinski definition) is 4. The molecule has 4 rings (SSSR count). The van der Waals surface area contributed by atoms with Gasteiger partial charge in [0.25, 0.3) is 0 Å². The van der Waals surface area contributed by atoms with Crippen molar-refractivity contribution >= 4 is 17.6 Å². The van der Waals surface area contributed by atoms with Crippen molar-refractivity contribution < 1.29 is 19.0 Å². The fraction of sp³-hybridized carbons (Fsp3) is 0.240. The van der Waals surface area contributed by atoms with Crippen LogP contribution < -0.4 is 9.47 Å². The predicted octanol–water partition coefficient (Wildman–Crippen LogP) is 6.30. The number of fused-ring (bicyclic) bond motifs is 1. The smallest absolute Gasteiger partial charge is 0.351 e. The number of ether oxygens (including phenoxy) is 3. The SMILES string of the molecule is COC(=O)C(Oc1ccc2c(c1)CCCC2)c1ccc(Oc2ccc(Cl)cc2)cc1. The van der Waals surface area contributed by atoms with Gasteiger partial charge in [0.1, 0.15) is 17.2 Å². The zero-order chi connectivity index (χ0) is 20.9. The largest absolute Gasteiger partial charge is 0.474 e. The van der Waals surface area contributed by atoms with Crippen LogP contribution in [0.15, 0.2) is 66.7 Å². The minimum Gasteiger partial charge on any atom is -0.474 e. The van der Waals surface area contributed by atoms with Crippen molar-refractivity contribution in [3.05, 3.63) is 88.4 Å². The van der Waals surface area contributed by atoms with Crippen molar-refractivity contribution in [2.75, 3.05) is 7.11 Å². The highest BCUT2D eigenvalue weighted by atomic mass is 35.5. The Bertz CT molecular complexity index is 1010. The van der Waals surface area contributed by atoms with E-state index in [1.165, 1.54) is 31.1 Å². The van der Waals surface area contributed by atoms with Crippen LogP contribution in [-0.2, 0) is 22.4 Å². The molecule has 0 bridgehead atoms. The van der Waals surface area contributed by atoms with E-state index in [-0.39, 0.29) is 0 Å². The molecule has 1 aliphatic rings. The third kappa shape index (κ3) is 4.77. The second-order valence-electron chi connectivity index (χ2n) is 7.28. The summed E-state index contributed by atoms with van der Waals surface area (Å²) in [5, 5.41) is 0.651. The van der Waals surface area contributed by atoms with Crippen LogP contribution in [0.25, 0.3) is 0 Å². The molecule has 0 N–H and O–H groups in total. The molecule has 30 heavy (non-hydrogen) atoms. The number of carbonyl (C=O) groups excluding carboxylic acids is 1. The minimum atomic E-state index is -0.846. The molecule has 0 heterocycles. The van der Waals surface area contributed by atoms with Crippen molar-refractivity contribution in [3.63, 3.8) is 0 Å². The van der Waals surface area contributed by atoms with Gasteiger partial charge in [0, 0.05) is 10.6 Å². The van der Waals surface area contributed by atoms with E-state index in [4.69, 9.17) is 25.8 Å². The van der Waals surface area contributed by atoms with Crippen LogP contribution in [0, 0.1) is 0 Å². The Kier molecular flexibility index (Phi) is 6.24. The normalized spacial score (nSPS) is 13.8. The Morgan fingerprint density at radius 1 is 0.833 bits per heavy atom. The molecule has 0 aliphatic heterocycles. The summed E-state index contributed by atoms with van der Waals surface area (Å²) in [5.41, 5.74) is 3.36. The van der Waals surface area contributed by atoms with Crippen molar-refractivity contribution in [1.82, 2.24) is 0 Å². The summed E-state index contributed by atoms with van der Waals surface area (Å²) >= 11 is 5.91. The van der Waals surface area contributed by atoms with E-state index in [2.05, 4.69) is 6.07 Å². The molecule has 0 saturated carbocycles. The number of benzene rings is 3. The first-order valence-electron chi connectivity index (χ1n) is 10.0. The molecule has 5 heteroatoms. The van der Waals surface area contributed by atoms with Crippen LogP contribution in [0.4, 0.5) is 0 Å². The maximum Gasteiger partial charge on any atom is 0.351 e. The van der Waals surface area contributed by atoms with Crippen molar-refractivity contribution in [2.45, 2.75) is 31.8 Å². The van der Waals surface area contributed by atoms with Gasteiger partial charge < -0.3 is 14.2 Å². The lowest BCUT2D eigenvalue weighted by molar-refractivity contribution is -0.149. The molecular formula is C25H23ClO4. The Hall–Kier alpha value is -2.98. The fourth-order valence-electron chi connectivity index (χ4n) is 3.63. The summed E-state index contributed by atoms with van der Waals surface area (Å²) in [6.45, 7) is 0. The summed E-state index contributed by atoms with van der Waals surface area (Å²) in [7, 11) is 1.36. The minimum absolute atomic E-state index is 0.445. The molecule has 0 saturated heterocycles. The average molecular weight is 423 g/mol. The highest BCUT2D eigenvalue weighted by Crippen LogP contribution is 2.30. The number of halogens is 1. The van der Waals surface area contributed by atoms with Crippen LogP contribution in [0.1, 0.15) is 35.6 Å². The summed E-state index contributed by atoms with van der Waals surface area (Å²) in [4.78, 5) is 12.4. The Morgan fingerprint density at radius 3 is 2.10 bits per heavy atom. The van der Waals surface area contributed by atoms with E-state index >= 15 is 0 Å². The highest BCUT2D eigenvalue weighted by Gasteiger charge is 2.24. The van der Waals surface area contributed by atoms with Gasteiger partial charge in [-0.05, 0) is 85.3 Å². The summed E-state index contributed by atoms with van der Waals surface area (Å²) < 4.78 is 16.9. The number of carbonyl (C=O) groups is 1. The van der Waals surface area contributed by atoms with Crippen LogP contribution in [0.3, 0.4) is 0 Å². The maximum absolute atomic E-state index is 12.4. The number of esters is 1. The Balaban J connectivity index is 1.52. The first-order valence-corrected chi connectivity index (χ1v) is 10.4. The lowest BCUT2D eigenvalue weighted by Crippen LogP contribution is -2.20. The molecule has 1 atom stereocenters. The maximum atomic E-state index is 12.4. The van der Waals surface area contributed by atoms with E-state index < -0.39 is 12.1 Å². The van der Waals surface area contributed by atoms with E-state index in [0.717, 1.165) is 12.8 Å². The molecule has 0 aromatic heterocycles. The van der Waals surface area contributed by atoms with E-state index in [1.807, 2.05) is 24.3 Å². The zero-order valence-electron chi connectivity index (χ0n) is 16.8. The highest BCUT2D eigenvalue weighted by molar-refractivity contribution is 6.30. The van der Waals surface area contributed by atoms with Crippen LogP contribution in [-0.4, -0.2) is 13.1 Å². The molecule has 0 radical (unpaired) electrons. The van der Waals surface area contributed by atoms with Crippen molar-refractivity contribution in [3.8, 4) is 17.2 Å². The predicted molar refractivity (Wildman–Crippen MR) is 116 cm³/mol. The monoisotopic (exact) mass is 422 g/mol. The second-order valence-corrected chi connectivity index (χ2v) is 7.72. The molecule has 3 aromatic rings. The molecule has 0 spiro atoms. The van der Waals surface area contributed by atoms with Gasteiger partial charge in [0.15, 0.2) is 0 Å². The molecule has 0 amide bonds. The first-order chi connectivity index (χ1) is 14.6. The topological polar surface area (TPSA) is 44.8 Å². The van der Waals surface area contributed by atoms with E-state index in [1.54, 1.807) is 36.4 Å². The Labute approximate surface area is 181 Å². The van der Waals surface area contributed by atoms with Gasteiger partial charge in [-0.3, -0.25) is 0 Å². The lowest BCUT2D eigenvalue weighted by atomic mass is 9.92. The van der Waals surface area contributed by atoms with Gasteiger partial charge in [-0.15, -0.1) is 0 Å². The quantitative estimate of drug-likeness (QED) is 0.437. The molecule has 3 aromatic carbocycles. The van der Waals surface area contributed by atoms with Gasteiger partial charge in [-0.2, -0.15) is 0 Å². The third-order valence-corrected chi connectivity index (χ3v) is 5.47. The third-order valence-electron chi connectivity index (χ3n) is 5.22. The molecule has 4 nitrogen and oxygen atoms in total. The van der Waals surface area contributed by atoms with Crippen LogP contribution in [0.2, 0.25) is 5.02 Å². The van der Waals surface area contributed by atoms with E-state index in [9.17, 15) is 4.79 Å². The van der Waals surface area contributed by atoms with Crippen molar-refractivity contribution in [2.24, 2.45) is 0 Å². The van der Waals surface area contributed by atoms with Crippen molar-refractivity contribution in [1.29, 1.82) is 0 Å². The summed E-state index contributed by atoms with van der Waals surface area (Å²) in [6.07, 6.45) is 3.72. The van der Waals surface area contributed by atoms with Gasteiger partial charge in [-0.1, -0.05) is 29.8 Å². The van der Waals surface area contributed by atoms with Gasteiger partial charge in [0.2, 0.25) is 6.10 Å². The second kappa shape index (κ2) is 9.23. The molecular weight excluding hydrogens is 400 g/mol. The lowest BCUT2D eigenvalue weighted by Gasteiger charge is -2.20. The number of rotatable bonds is 6. The van der Waals surface area contributed by atoms with Crippen LogP contribution >= 0.6 is 11.6 Å². The van der Waals surface area contributed by atoms with Crippen LogP contribution in [0.5, 0.6) is 17.2 Å². The molecule has 1 unspecified atom stereocenters. The first kappa shape index (κ1) is 20.3. The number of hydrogen-bond donors (Lipinski definition) is 0. The summed E-state index contributed by atoms with van der Waals surface area (Å²) in [6, 6.07) is 20.4. The van der Waals surface area contributed by atoms with Gasteiger partial charge in [-0.25, -0.2) is 4.79 Å². The average Bonchev–Trinajstić information content (AvgIpc) is 2.79. The molecule has 154 valence electrons. The zero-order valence-corrected chi connectivity index (χ0v) is 17.5. The molecule has 1 aliphatic carbocycles. The number of methoxy groups -OCH3 is 1. The van der Waals surface area contributed by atoms with Gasteiger partial charge >= 0.3 is 5.97 Å². The Morgan fingerprint density at radius 2 is 1.43 bits per heavy atom. The standard InChI is InChI=1S/C25H23ClO4/c1-28-25(27)24(30-23-13-6-17-4-2-3-5-19(17)16-23)18-7-11-21(12-8-18)29-22-14-9-20(26)10-15-22/h6-16,24H,2-5H2,1H3.